The number of nitrogens with two attached hydrogens (primary N) is 1. The quantitative estimate of drug-likeness (QED) is 0.827. The van der Waals surface area contributed by atoms with Crippen molar-refractivity contribution in [2.24, 2.45) is 11.7 Å². The average Bonchev–Trinajstić information content (AvgIpc) is 2.95. The highest BCUT2D eigenvalue weighted by atomic mass is 16.5. The van der Waals surface area contributed by atoms with Crippen LogP contribution in [0.5, 0.6) is 0 Å². The first-order valence-corrected chi connectivity index (χ1v) is 7.95. The molecule has 0 aromatic heterocycles. The molecule has 0 aromatic carbocycles. The summed E-state index contributed by atoms with van der Waals surface area (Å²) < 4.78 is 5.79. The third kappa shape index (κ3) is 2.65. The van der Waals surface area contributed by atoms with Crippen molar-refractivity contribution in [2.75, 3.05) is 13.1 Å². The van der Waals surface area contributed by atoms with E-state index in [-0.39, 0.29) is 18.1 Å². The van der Waals surface area contributed by atoms with Crippen molar-refractivity contribution in [1.29, 1.82) is 0 Å². The Labute approximate surface area is 115 Å². The van der Waals surface area contributed by atoms with Crippen LogP contribution in [0, 0.1) is 5.92 Å². The number of piperidine rings is 1. The van der Waals surface area contributed by atoms with Crippen molar-refractivity contribution < 1.29 is 9.53 Å². The third-order valence-electron chi connectivity index (χ3n) is 5.17. The molecule has 2 heterocycles. The van der Waals surface area contributed by atoms with E-state index in [2.05, 4.69) is 4.90 Å². The molecule has 0 radical (unpaired) electrons. The molecule has 4 nitrogen and oxygen atoms in total. The van der Waals surface area contributed by atoms with Crippen molar-refractivity contribution >= 4 is 5.91 Å². The Bertz CT molecular complexity index is 332. The molecular formula is C15H26N2O2. The van der Waals surface area contributed by atoms with Crippen molar-refractivity contribution in [3.8, 4) is 0 Å². The van der Waals surface area contributed by atoms with Crippen LogP contribution in [-0.4, -0.2) is 42.1 Å². The SMILES string of the molecule is NC[C@H]1CC[C@@H](C(=O)N2CCCC3CCCCC32)O1. The minimum Gasteiger partial charge on any atom is -0.364 e. The van der Waals surface area contributed by atoms with Crippen LogP contribution in [0.15, 0.2) is 0 Å². The van der Waals surface area contributed by atoms with E-state index in [0.29, 0.717) is 12.6 Å². The molecule has 2 aliphatic heterocycles. The molecule has 1 aliphatic carbocycles. The zero-order valence-electron chi connectivity index (χ0n) is 11.7. The number of rotatable bonds is 2. The van der Waals surface area contributed by atoms with Crippen molar-refractivity contribution in [3.05, 3.63) is 0 Å². The molecule has 0 aromatic rings. The van der Waals surface area contributed by atoms with Crippen LogP contribution in [0.4, 0.5) is 0 Å². The van der Waals surface area contributed by atoms with Gasteiger partial charge in [0.2, 0.25) is 0 Å². The summed E-state index contributed by atoms with van der Waals surface area (Å²) in [5, 5.41) is 0. The van der Waals surface area contributed by atoms with E-state index < -0.39 is 0 Å². The van der Waals surface area contributed by atoms with E-state index in [0.717, 1.165) is 25.3 Å². The fourth-order valence-corrected chi connectivity index (χ4v) is 4.14. The highest BCUT2D eigenvalue weighted by molar-refractivity contribution is 5.81. The second kappa shape index (κ2) is 5.80. The first kappa shape index (κ1) is 13.4. The lowest BCUT2D eigenvalue weighted by molar-refractivity contribution is -0.149. The first-order chi connectivity index (χ1) is 9.29. The van der Waals surface area contributed by atoms with E-state index >= 15 is 0 Å². The lowest BCUT2D eigenvalue weighted by Gasteiger charge is -2.44. The smallest absolute Gasteiger partial charge is 0.251 e. The zero-order valence-corrected chi connectivity index (χ0v) is 11.7. The molecule has 19 heavy (non-hydrogen) atoms. The highest BCUT2D eigenvalue weighted by Crippen LogP contribution is 2.36. The molecule has 108 valence electrons. The largest absolute Gasteiger partial charge is 0.364 e. The summed E-state index contributed by atoms with van der Waals surface area (Å²) in [4.78, 5) is 14.8. The van der Waals surface area contributed by atoms with Gasteiger partial charge in [0.25, 0.3) is 5.91 Å². The number of carbonyl (C=O) groups is 1. The van der Waals surface area contributed by atoms with Crippen LogP contribution in [0.1, 0.15) is 51.4 Å². The Morgan fingerprint density at radius 3 is 2.68 bits per heavy atom. The fourth-order valence-electron chi connectivity index (χ4n) is 4.14. The number of carbonyl (C=O) groups excluding carboxylic acids is 1. The molecule has 2 saturated heterocycles. The second-order valence-corrected chi connectivity index (χ2v) is 6.35. The fraction of sp³-hybridized carbons (Fsp3) is 0.933. The summed E-state index contributed by atoms with van der Waals surface area (Å²) in [5.41, 5.74) is 5.63. The van der Waals surface area contributed by atoms with Crippen molar-refractivity contribution in [3.63, 3.8) is 0 Å². The van der Waals surface area contributed by atoms with Gasteiger partial charge >= 0.3 is 0 Å². The number of hydrogen-bond acceptors (Lipinski definition) is 3. The number of fused-ring (bicyclic) bond motifs is 1. The maximum Gasteiger partial charge on any atom is 0.251 e. The normalized spacial score (nSPS) is 39.1. The minimum atomic E-state index is -0.214. The highest BCUT2D eigenvalue weighted by Gasteiger charge is 2.40. The molecule has 0 spiro atoms. The average molecular weight is 266 g/mol. The van der Waals surface area contributed by atoms with Gasteiger partial charge in [-0.05, 0) is 44.4 Å². The summed E-state index contributed by atoms with van der Waals surface area (Å²) in [6.07, 6.45) is 9.29. The van der Waals surface area contributed by atoms with Gasteiger partial charge in [-0.25, -0.2) is 0 Å². The van der Waals surface area contributed by atoms with E-state index in [4.69, 9.17) is 10.5 Å². The molecule has 0 bridgehead atoms. The van der Waals surface area contributed by atoms with Gasteiger partial charge < -0.3 is 15.4 Å². The molecule has 4 heteroatoms. The molecule has 2 unspecified atom stereocenters. The van der Waals surface area contributed by atoms with E-state index in [1.807, 2.05) is 0 Å². The van der Waals surface area contributed by atoms with Crippen LogP contribution < -0.4 is 5.73 Å². The first-order valence-electron chi connectivity index (χ1n) is 7.95. The zero-order chi connectivity index (χ0) is 13.2. The number of amides is 1. The Kier molecular flexibility index (Phi) is 4.08. The molecule has 3 fully saturated rings. The molecule has 3 rings (SSSR count). The van der Waals surface area contributed by atoms with Crippen LogP contribution in [0.3, 0.4) is 0 Å². The van der Waals surface area contributed by atoms with Crippen molar-refractivity contribution in [2.45, 2.75) is 69.6 Å². The Hall–Kier alpha value is -0.610. The lowest BCUT2D eigenvalue weighted by atomic mass is 9.78. The van der Waals surface area contributed by atoms with Gasteiger partial charge in [0.15, 0.2) is 0 Å². The van der Waals surface area contributed by atoms with Crippen LogP contribution in [0.2, 0.25) is 0 Å². The topological polar surface area (TPSA) is 55.6 Å². The molecular weight excluding hydrogens is 240 g/mol. The van der Waals surface area contributed by atoms with Crippen LogP contribution >= 0.6 is 0 Å². The Balaban J connectivity index is 1.65. The van der Waals surface area contributed by atoms with Gasteiger partial charge in [-0.1, -0.05) is 12.8 Å². The number of nitrogens with zero attached hydrogens (tertiary/aromatic N) is 1. The number of likely N-dealkylation sites (tertiary alicyclic amines) is 1. The minimum absolute atomic E-state index is 0.0980. The summed E-state index contributed by atoms with van der Waals surface area (Å²) in [6, 6.07) is 0.496. The Morgan fingerprint density at radius 2 is 1.89 bits per heavy atom. The Morgan fingerprint density at radius 1 is 1.11 bits per heavy atom. The summed E-state index contributed by atoms with van der Waals surface area (Å²) in [5.74, 6) is 0.991. The van der Waals surface area contributed by atoms with Crippen LogP contribution in [0.25, 0.3) is 0 Å². The van der Waals surface area contributed by atoms with E-state index in [1.165, 1.54) is 38.5 Å². The van der Waals surface area contributed by atoms with E-state index in [9.17, 15) is 4.79 Å². The predicted octanol–water partition coefficient (Wildman–Crippen LogP) is 1.67. The maximum atomic E-state index is 12.7. The molecule has 3 aliphatic rings. The van der Waals surface area contributed by atoms with Crippen LogP contribution in [-0.2, 0) is 9.53 Å². The second-order valence-electron chi connectivity index (χ2n) is 6.35. The molecule has 1 saturated carbocycles. The monoisotopic (exact) mass is 266 g/mol. The predicted molar refractivity (Wildman–Crippen MR) is 73.6 cm³/mol. The van der Waals surface area contributed by atoms with Crippen molar-refractivity contribution in [1.82, 2.24) is 4.90 Å². The summed E-state index contributed by atoms with van der Waals surface area (Å²) >= 11 is 0. The summed E-state index contributed by atoms with van der Waals surface area (Å²) in [7, 11) is 0. The van der Waals surface area contributed by atoms with Gasteiger partial charge in [0, 0.05) is 19.1 Å². The maximum absolute atomic E-state index is 12.7. The van der Waals surface area contributed by atoms with E-state index in [1.54, 1.807) is 0 Å². The third-order valence-corrected chi connectivity index (χ3v) is 5.17. The number of hydrogen-bond donors (Lipinski definition) is 1. The van der Waals surface area contributed by atoms with Gasteiger partial charge in [-0.2, -0.15) is 0 Å². The lowest BCUT2D eigenvalue weighted by Crippen LogP contribution is -2.52. The molecule has 4 atom stereocenters. The molecule has 1 amide bonds. The summed E-state index contributed by atoms with van der Waals surface area (Å²) in [6.45, 7) is 1.48. The number of ether oxygens (including phenoxy) is 1. The van der Waals surface area contributed by atoms with Gasteiger partial charge in [0.1, 0.15) is 6.10 Å². The van der Waals surface area contributed by atoms with Gasteiger partial charge in [-0.15, -0.1) is 0 Å². The van der Waals surface area contributed by atoms with Gasteiger partial charge in [-0.3, -0.25) is 4.79 Å². The standard InChI is InChI=1S/C15H26N2O2/c16-10-12-7-8-14(19-12)15(18)17-9-3-5-11-4-1-2-6-13(11)17/h11-14H,1-10,16H2/t11?,12-,13?,14+/m1/s1. The van der Waals surface area contributed by atoms with Gasteiger partial charge in [0.05, 0.1) is 6.10 Å². The molecule has 2 N–H and O–H groups in total.